The number of benzene rings is 1. The fourth-order valence-electron chi connectivity index (χ4n) is 1.52. The standard InChI is InChI=1S/C13H13N3O2S/c1-8-12(19-9(2)15-8)13(18)16-14-7-10-3-5-11(17)6-4-10/h3-7,17H,1-2H3,(H,16,18)/b14-7+. The molecule has 2 aromatic rings. The number of aromatic nitrogens is 1. The molecule has 0 aliphatic rings. The smallest absolute Gasteiger partial charge is 0.283 e. The van der Waals surface area contributed by atoms with Crippen molar-refractivity contribution in [1.82, 2.24) is 10.4 Å². The number of nitrogens with one attached hydrogen (secondary N) is 1. The third kappa shape index (κ3) is 3.38. The van der Waals surface area contributed by atoms with E-state index in [1.165, 1.54) is 17.6 Å². The number of aromatic hydroxyl groups is 1. The summed E-state index contributed by atoms with van der Waals surface area (Å²) in [6.45, 7) is 3.65. The van der Waals surface area contributed by atoms with E-state index >= 15 is 0 Å². The van der Waals surface area contributed by atoms with Gasteiger partial charge in [-0.2, -0.15) is 5.10 Å². The molecular weight excluding hydrogens is 262 g/mol. The van der Waals surface area contributed by atoms with Crippen LogP contribution in [0.4, 0.5) is 0 Å². The molecule has 1 heterocycles. The molecular formula is C13H13N3O2S. The average molecular weight is 275 g/mol. The van der Waals surface area contributed by atoms with Crippen LogP contribution in [-0.2, 0) is 0 Å². The lowest BCUT2D eigenvalue weighted by atomic mass is 10.2. The molecule has 0 fully saturated rings. The van der Waals surface area contributed by atoms with Crippen molar-refractivity contribution < 1.29 is 9.90 Å². The summed E-state index contributed by atoms with van der Waals surface area (Å²) < 4.78 is 0. The Kier molecular flexibility index (Phi) is 3.91. The molecule has 0 spiro atoms. The monoisotopic (exact) mass is 275 g/mol. The van der Waals surface area contributed by atoms with Gasteiger partial charge in [-0.25, -0.2) is 10.4 Å². The predicted molar refractivity (Wildman–Crippen MR) is 74.8 cm³/mol. The van der Waals surface area contributed by atoms with Crippen LogP contribution in [0.2, 0.25) is 0 Å². The first-order chi connectivity index (χ1) is 9.06. The maximum atomic E-state index is 11.8. The van der Waals surface area contributed by atoms with E-state index in [2.05, 4.69) is 15.5 Å². The first kappa shape index (κ1) is 13.2. The Morgan fingerprint density at radius 3 is 2.63 bits per heavy atom. The van der Waals surface area contributed by atoms with Crippen LogP contribution in [-0.4, -0.2) is 22.2 Å². The molecule has 1 aromatic carbocycles. The Labute approximate surface area is 114 Å². The van der Waals surface area contributed by atoms with Gasteiger partial charge in [-0.3, -0.25) is 4.79 Å². The molecule has 19 heavy (non-hydrogen) atoms. The molecule has 0 aliphatic carbocycles. The summed E-state index contributed by atoms with van der Waals surface area (Å²) in [4.78, 5) is 16.6. The topological polar surface area (TPSA) is 74.6 Å². The highest BCUT2D eigenvalue weighted by molar-refractivity contribution is 7.13. The number of nitrogens with zero attached hydrogens (tertiary/aromatic N) is 2. The number of rotatable bonds is 3. The summed E-state index contributed by atoms with van der Waals surface area (Å²) in [6.07, 6.45) is 1.51. The van der Waals surface area contributed by atoms with Gasteiger partial charge in [0.15, 0.2) is 0 Å². The van der Waals surface area contributed by atoms with Crippen LogP contribution in [0.25, 0.3) is 0 Å². The Balaban J connectivity index is 2.00. The van der Waals surface area contributed by atoms with E-state index < -0.39 is 0 Å². The summed E-state index contributed by atoms with van der Waals surface area (Å²) in [6, 6.07) is 6.51. The minimum absolute atomic E-state index is 0.192. The number of carbonyl (C=O) groups excluding carboxylic acids is 1. The number of thiazole rings is 1. The van der Waals surface area contributed by atoms with E-state index in [0.29, 0.717) is 10.6 Å². The molecule has 0 radical (unpaired) electrons. The third-order valence-corrected chi connectivity index (χ3v) is 3.45. The zero-order valence-corrected chi connectivity index (χ0v) is 11.4. The fourth-order valence-corrected chi connectivity index (χ4v) is 2.33. The van der Waals surface area contributed by atoms with Crippen LogP contribution >= 0.6 is 11.3 Å². The Morgan fingerprint density at radius 2 is 2.05 bits per heavy atom. The Morgan fingerprint density at radius 1 is 1.37 bits per heavy atom. The quantitative estimate of drug-likeness (QED) is 0.666. The summed E-state index contributed by atoms with van der Waals surface area (Å²) in [5, 5.41) is 13.9. The normalized spacial score (nSPS) is 10.8. The number of hydrazone groups is 1. The second kappa shape index (κ2) is 5.62. The third-order valence-electron chi connectivity index (χ3n) is 2.38. The molecule has 0 aliphatic heterocycles. The van der Waals surface area contributed by atoms with Crippen molar-refractivity contribution in [2.24, 2.45) is 5.10 Å². The molecule has 0 saturated carbocycles. The molecule has 1 aromatic heterocycles. The lowest BCUT2D eigenvalue weighted by Crippen LogP contribution is -2.17. The number of phenols is 1. The average Bonchev–Trinajstić information content (AvgIpc) is 2.71. The molecule has 2 rings (SSSR count). The van der Waals surface area contributed by atoms with Gasteiger partial charge in [0.25, 0.3) is 5.91 Å². The lowest BCUT2D eigenvalue weighted by molar-refractivity contribution is 0.0958. The number of hydrogen-bond acceptors (Lipinski definition) is 5. The lowest BCUT2D eigenvalue weighted by Gasteiger charge is -1.97. The second-order valence-corrected chi connectivity index (χ2v) is 5.14. The summed E-state index contributed by atoms with van der Waals surface area (Å²) >= 11 is 1.34. The van der Waals surface area contributed by atoms with E-state index in [1.54, 1.807) is 31.2 Å². The Hall–Kier alpha value is -2.21. The second-order valence-electron chi connectivity index (χ2n) is 3.94. The van der Waals surface area contributed by atoms with Crippen molar-refractivity contribution in [3.8, 4) is 5.75 Å². The van der Waals surface area contributed by atoms with Crippen molar-refractivity contribution in [2.75, 3.05) is 0 Å². The summed E-state index contributed by atoms with van der Waals surface area (Å²) in [7, 11) is 0. The van der Waals surface area contributed by atoms with E-state index in [9.17, 15) is 4.79 Å². The first-order valence-corrected chi connectivity index (χ1v) is 6.44. The maximum absolute atomic E-state index is 11.8. The zero-order valence-electron chi connectivity index (χ0n) is 10.5. The molecule has 6 heteroatoms. The van der Waals surface area contributed by atoms with Gasteiger partial charge in [-0.15, -0.1) is 11.3 Å². The predicted octanol–water partition coefficient (Wildman–Crippen LogP) is 2.23. The highest BCUT2D eigenvalue weighted by atomic mass is 32.1. The fraction of sp³-hybridized carbons (Fsp3) is 0.154. The Bertz CT molecular complexity index is 617. The molecule has 5 nitrogen and oxygen atoms in total. The maximum Gasteiger partial charge on any atom is 0.283 e. The molecule has 0 bridgehead atoms. The van der Waals surface area contributed by atoms with Crippen LogP contribution in [0.3, 0.4) is 0 Å². The summed E-state index contributed by atoms with van der Waals surface area (Å²) in [5.74, 6) is -0.0740. The number of phenolic OH excluding ortho intramolecular Hbond substituents is 1. The van der Waals surface area contributed by atoms with Gasteiger partial charge in [-0.05, 0) is 43.7 Å². The van der Waals surface area contributed by atoms with Crippen LogP contribution in [0, 0.1) is 13.8 Å². The van der Waals surface area contributed by atoms with Crippen molar-refractivity contribution >= 4 is 23.5 Å². The molecule has 0 unspecified atom stereocenters. The van der Waals surface area contributed by atoms with Gasteiger partial charge < -0.3 is 5.11 Å². The van der Waals surface area contributed by atoms with Crippen molar-refractivity contribution in [2.45, 2.75) is 13.8 Å². The number of aryl methyl sites for hydroxylation is 2. The van der Waals surface area contributed by atoms with Gasteiger partial charge in [0.2, 0.25) is 0 Å². The molecule has 2 N–H and O–H groups in total. The van der Waals surface area contributed by atoms with Crippen molar-refractivity contribution in [1.29, 1.82) is 0 Å². The van der Waals surface area contributed by atoms with Gasteiger partial charge in [-0.1, -0.05) is 0 Å². The first-order valence-electron chi connectivity index (χ1n) is 5.63. The van der Waals surface area contributed by atoms with Crippen LogP contribution in [0.5, 0.6) is 5.75 Å². The molecule has 98 valence electrons. The largest absolute Gasteiger partial charge is 0.508 e. The van der Waals surface area contributed by atoms with Crippen LogP contribution in [0.1, 0.15) is 25.9 Å². The van der Waals surface area contributed by atoms with E-state index in [1.807, 2.05) is 6.92 Å². The van der Waals surface area contributed by atoms with Gasteiger partial charge in [0, 0.05) is 0 Å². The minimum Gasteiger partial charge on any atom is -0.508 e. The van der Waals surface area contributed by atoms with E-state index in [-0.39, 0.29) is 11.7 Å². The van der Waals surface area contributed by atoms with Gasteiger partial charge in [0.05, 0.1) is 16.9 Å². The number of amides is 1. The number of carbonyl (C=O) groups is 1. The van der Waals surface area contributed by atoms with Crippen LogP contribution in [0.15, 0.2) is 29.4 Å². The van der Waals surface area contributed by atoms with Crippen LogP contribution < -0.4 is 5.43 Å². The molecule has 0 saturated heterocycles. The number of hydrogen-bond donors (Lipinski definition) is 2. The highest BCUT2D eigenvalue weighted by Crippen LogP contribution is 2.16. The SMILES string of the molecule is Cc1nc(C)c(C(=O)N/N=C/c2ccc(O)cc2)s1. The molecule has 1 amide bonds. The molecule has 0 atom stereocenters. The van der Waals surface area contributed by atoms with Gasteiger partial charge >= 0.3 is 0 Å². The van der Waals surface area contributed by atoms with E-state index in [4.69, 9.17) is 5.11 Å². The van der Waals surface area contributed by atoms with Crippen molar-refractivity contribution in [3.63, 3.8) is 0 Å². The highest BCUT2D eigenvalue weighted by Gasteiger charge is 2.12. The minimum atomic E-state index is -0.266. The van der Waals surface area contributed by atoms with E-state index in [0.717, 1.165) is 10.6 Å². The zero-order chi connectivity index (χ0) is 13.8. The van der Waals surface area contributed by atoms with Crippen molar-refractivity contribution in [3.05, 3.63) is 45.4 Å². The summed E-state index contributed by atoms with van der Waals surface area (Å²) in [5.41, 5.74) is 3.95. The van der Waals surface area contributed by atoms with Gasteiger partial charge in [0.1, 0.15) is 10.6 Å².